The van der Waals surface area contributed by atoms with E-state index in [-0.39, 0.29) is 17.7 Å². The quantitative estimate of drug-likeness (QED) is 0.654. The summed E-state index contributed by atoms with van der Waals surface area (Å²) in [6.07, 6.45) is 4.93. The molecule has 0 aliphatic carbocycles. The highest BCUT2D eigenvalue weighted by atomic mass is 32.1. The molecule has 2 aromatic heterocycles. The first kappa shape index (κ1) is 22.0. The van der Waals surface area contributed by atoms with E-state index in [2.05, 4.69) is 28.4 Å². The number of imidazole rings is 1. The second kappa shape index (κ2) is 8.70. The summed E-state index contributed by atoms with van der Waals surface area (Å²) >= 11 is 1.60. The van der Waals surface area contributed by atoms with Gasteiger partial charge in [-0.25, -0.2) is 9.97 Å². The zero-order chi connectivity index (χ0) is 22.2. The maximum atomic E-state index is 13.8. The molecule has 2 fully saturated rings. The first-order valence-corrected chi connectivity index (χ1v) is 11.7. The minimum Gasteiger partial charge on any atom is -0.384 e. The van der Waals surface area contributed by atoms with Crippen molar-refractivity contribution >= 4 is 23.2 Å². The van der Waals surface area contributed by atoms with Crippen molar-refractivity contribution in [1.29, 1.82) is 0 Å². The average molecular weight is 446 g/mol. The molecule has 0 N–H and O–H groups in total. The van der Waals surface area contributed by atoms with Gasteiger partial charge < -0.3 is 19.1 Å². The van der Waals surface area contributed by atoms with E-state index in [1.165, 1.54) is 0 Å². The van der Waals surface area contributed by atoms with Crippen molar-refractivity contribution in [1.82, 2.24) is 24.3 Å². The number of nitrogens with zero attached hydrogens (tertiary/aromatic N) is 5. The number of rotatable bonds is 7. The maximum Gasteiger partial charge on any atom is 0.231 e. The SMILES string of the molecule is COCCC(=O)N1C[C@@H](c2cn(C(C)C)cn2)[C@]2(CCN(Cc3csc(C)n3)C2=O)C1. The monoisotopic (exact) mass is 445 g/mol. The number of carbonyl (C=O) groups is 2. The maximum absolute atomic E-state index is 13.8. The molecule has 2 aliphatic rings. The van der Waals surface area contributed by atoms with Gasteiger partial charge in [-0.3, -0.25) is 9.59 Å². The summed E-state index contributed by atoms with van der Waals surface area (Å²) in [5, 5.41) is 3.02. The van der Waals surface area contributed by atoms with Gasteiger partial charge in [-0.2, -0.15) is 0 Å². The molecule has 31 heavy (non-hydrogen) atoms. The van der Waals surface area contributed by atoms with Crippen molar-refractivity contribution in [3.05, 3.63) is 34.3 Å². The van der Waals surface area contributed by atoms with Gasteiger partial charge in [0.1, 0.15) is 0 Å². The molecule has 9 heteroatoms. The fourth-order valence-corrected chi connectivity index (χ4v) is 5.40. The molecule has 4 rings (SSSR count). The Bertz CT molecular complexity index is 955. The Morgan fingerprint density at radius 1 is 1.42 bits per heavy atom. The molecular formula is C22H31N5O3S. The predicted octanol–water partition coefficient (Wildman–Crippen LogP) is 2.61. The fourth-order valence-electron chi connectivity index (χ4n) is 4.79. The minimum absolute atomic E-state index is 0.0355. The van der Waals surface area contributed by atoms with E-state index in [0.29, 0.717) is 45.2 Å². The molecule has 2 aliphatic heterocycles. The summed E-state index contributed by atoms with van der Waals surface area (Å²) in [7, 11) is 1.60. The largest absolute Gasteiger partial charge is 0.384 e. The number of amides is 2. The fraction of sp³-hybridized carbons (Fsp3) is 0.636. The van der Waals surface area contributed by atoms with Crippen molar-refractivity contribution in [2.45, 2.75) is 52.1 Å². The van der Waals surface area contributed by atoms with Crippen molar-refractivity contribution < 1.29 is 14.3 Å². The van der Waals surface area contributed by atoms with Crippen LogP contribution in [0.2, 0.25) is 0 Å². The van der Waals surface area contributed by atoms with E-state index in [4.69, 9.17) is 4.74 Å². The number of hydrogen-bond donors (Lipinski definition) is 0. The molecule has 0 radical (unpaired) electrons. The smallest absolute Gasteiger partial charge is 0.231 e. The highest BCUT2D eigenvalue weighted by Gasteiger charge is 2.58. The summed E-state index contributed by atoms with van der Waals surface area (Å²) in [5.41, 5.74) is 1.21. The number of thiazole rings is 1. The molecule has 2 saturated heterocycles. The Morgan fingerprint density at radius 2 is 2.23 bits per heavy atom. The standard InChI is InChI=1S/C22H31N5O3S/c1-15(2)27-11-19(23-14-27)18-10-26(20(28)5-8-30-4)13-22(18)6-7-25(21(22)29)9-17-12-31-16(3)24-17/h11-12,14-15,18H,5-10,13H2,1-4H3/t18-,22-/m0/s1. The predicted molar refractivity (Wildman–Crippen MR) is 118 cm³/mol. The van der Waals surface area contributed by atoms with Crippen LogP contribution in [-0.2, 0) is 20.9 Å². The summed E-state index contributed by atoms with van der Waals surface area (Å²) in [4.78, 5) is 39.5. The first-order valence-electron chi connectivity index (χ1n) is 10.8. The van der Waals surface area contributed by atoms with Gasteiger partial charge in [0.05, 0.1) is 47.7 Å². The van der Waals surface area contributed by atoms with Gasteiger partial charge in [-0.05, 0) is 27.2 Å². The molecule has 8 nitrogen and oxygen atoms in total. The third kappa shape index (κ3) is 4.13. The number of methoxy groups -OCH3 is 1. The lowest BCUT2D eigenvalue weighted by Gasteiger charge is -2.27. The highest BCUT2D eigenvalue weighted by molar-refractivity contribution is 7.09. The summed E-state index contributed by atoms with van der Waals surface area (Å²) < 4.78 is 7.16. The normalized spacial score (nSPS) is 23.6. The lowest BCUT2D eigenvalue weighted by atomic mass is 9.75. The number of aromatic nitrogens is 3. The van der Waals surface area contributed by atoms with Gasteiger partial charge in [0.15, 0.2) is 0 Å². The van der Waals surface area contributed by atoms with Crippen LogP contribution in [0.5, 0.6) is 0 Å². The molecule has 0 bridgehead atoms. The average Bonchev–Trinajstić information content (AvgIpc) is 3.51. The lowest BCUT2D eigenvalue weighted by Crippen LogP contribution is -2.40. The van der Waals surface area contributed by atoms with Crippen LogP contribution < -0.4 is 0 Å². The van der Waals surface area contributed by atoms with Gasteiger partial charge in [0, 0.05) is 50.3 Å². The van der Waals surface area contributed by atoms with Crippen LogP contribution >= 0.6 is 11.3 Å². The summed E-state index contributed by atoms with van der Waals surface area (Å²) in [5.74, 6) is 0.0475. The van der Waals surface area contributed by atoms with E-state index in [1.807, 2.05) is 34.6 Å². The first-order chi connectivity index (χ1) is 14.8. The molecule has 168 valence electrons. The van der Waals surface area contributed by atoms with Crippen LogP contribution in [-0.4, -0.2) is 69.5 Å². The van der Waals surface area contributed by atoms with Crippen LogP contribution in [0.25, 0.3) is 0 Å². The molecule has 2 atom stereocenters. The van der Waals surface area contributed by atoms with Crippen molar-refractivity contribution in [3.8, 4) is 0 Å². The highest BCUT2D eigenvalue weighted by Crippen LogP contribution is 2.50. The van der Waals surface area contributed by atoms with E-state index in [9.17, 15) is 9.59 Å². The molecule has 1 spiro atoms. The van der Waals surface area contributed by atoms with Gasteiger partial charge in [-0.15, -0.1) is 11.3 Å². The Balaban J connectivity index is 1.61. The van der Waals surface area contributed by atoms with Crippen molar-refractivity contribution in [2.75, 3.05) is 33.4 Å². The Labute approximate surface area is 187 Å². The number of aryl methyl sites for hydroxylation is 1. The lowest BCUT2D eigenvalue weighted by molar-refractivity contribution is -0.137. The van der Waals surface area contributed by atoms with Gasteiger partial charge in [0.25, 0.3) is 0 Å². The third-order valence-electron chi connectivity index (χ3n) is 6.55. The van der Waals surface area contributed by atoms with Crippen LogP contribution in [0.3, 0.4) is 0 Å². The minimum atomic E-state index is -0.621. The summed E-state index contributed by atoms with van der Waals surface area (Å²) in [6.45, 7) is 8.74. The zero-order valence-electron chi connectivity index (χ0n) is 18.7. The molecule has 4 heterocycles. The van der Waals surface area contributed by atoms with Crippen LogP contribution in [0, 0.1) is 12.3 Å². The van der Waals surface area contributed by atoms with Crippen LogP contribution in [0.1, 0.15) is 55.0 Å². The van der Waals surface area contributed by atoms with Gasteiger partial charge in [0.2, 0.25) is 11.8 Å². The topological polar surface area (TPSA) is 80.6 Å². The second-order valence-electron chi connectivity index (χ2n) is 8.90. The van der Waals surface area contributed by atoms with Crippen molar-refractivity contribution in [3.63, 3.8) is 0 Å². The third-order valence-corrected chi connectivity index (χ3v) is 7.37. The molecule has 0 saturated carbocycles. The van der Waals surface area contributed by atoms with E-state index in [1.54, 1.807) is 18.4 Å². The van der Waals surface area contributed by atoms with E-state index >= 15 is 0 Å². The van der Waals surface area contributed by atoms with Crippen LogP contribution in [0.15, 0.2) is 17.9 Å². The number of carbonyl (C=O) groups excluding carboxylic acids is 2. The second-order valence-corrected chi connectivity index (χ2v) is 9.96. The molecular weight excluding hydrogens is 414 g/mol. The molecule has 2 aromatic rings. The Kier molecular flexibility index (Phi) is 6.16. The zero-order valence-corrected chi connectivity index (χ0v) is 19.5. The number of likely N-dealkylation sites (tertiary alicyclic amines) is 2. The number of hydrogen-bond acceptors (Lipinski definition) is 6. The van der Waals surface area contributed by atoms with Crippen molar-refractivity contribution in [2.24, 2.45) is 5.41 Å². The number of ether oxygens (including phenoxy) is 1. The van der Waals surface area contributed by atoms with E-state index in [0.717, 1.165) is 22.8 Å². The van der Waals surface area contributed by atoms with E-state index < -0.39 is 5.41 Å². The molecule has 0 aromatic carbocycles. The Morgan fingerprint density at radius 3 is 2.87 bits per heavy atom. The molecule has 0 unspecified atom stereocenters. The van der Waals surface area contributed by atoms with Gasteiger partial charge >= 0.3 is 0 Å². The Hall–Kier alpha value is -2.26. The summed E-state index contributed by atoms with van der Waals surface area (Å²) in [6, 6.07) is 0.293. The van der Waals surface area contributed by atoms with Gasteiger partial charge in [-0.1, -0.05) is 0 Å². The molecule has 2 amide bonds. The van der Waals surface area contributed by atoms with Crippen LogP contribution in [0.4, 0.5) is 0 Å².